The summed E-state index contributed by atoms with van der Waals surface area (Å²) in [6.07, 6.45) is 8.41. The second-order valence-electron chi connectivity index (χ2n) is 40.7. The van der Waals surface area contributed by atoms with Gasteiger partial charge in [-0.15, -0.1) is 118 Å². The molecule has 12 aromatic carbocycles. The molecule has 3 aliphatic heterocycles. The first-order chi connectivity index (χ1) is 69.2. The Bertz CT molecular complexity index is 8150. The number of ether oxygens (including phenoxy) is 3. The molecule has 27 rings (SSSR count). The quantitative estimate of drug-likeness (QED) is 0.109. The van der Waals surface area contributed by atoms with E-state index in [1.165, 1.54) is 44.5 Å². The van der Waals surface area contributed by atoms with Gasteiger partial charge in [-0.2, -0.15) is 62.5 Å². The number of hydrogen-bond donors (Lipinski definition) is 0. The summed E-state index contributed by atoms with van der Waals surface area (Å²) in [7, 11) is 0. The maximum atomic E-state index is 8.51. The second-order valence-corrected chi connectivity index (χ2v) is 40.7. The predicted molar refractivity (Wildman–Crippen MR) is 540 cm³/mol. The van der Waals surface area contributed by atoms with Gasteiger partial charge < -0.3 is 57.3 Å². The molecule has 6 unspecified atom stereocenters. The van der Waals surface area contributed by atoms with Crippen molar-refractivity contribution < 1.29 is 89.7 Å². The van der Waals surface area contributed by atoms with Gasteiger partial charge in [-0.05, 0) is 189 Å². The number of nitrogens with zero attached hydrogens (tertiary/aromatic N) is 12. The Labute approximate surface area is 864 Å². The molecule has 702 valence electrons. The van der Waals surface area contributed by atoms with Crippen molar-refractivity contribution >= 4 is 82.5 Å². The third-order valence-electron chi connectivity index (χ3n) is 30.0. The van der Waals surface area contributed by atoms with Crippen molar-refractivity contribution in [1.29, 1.82) is 0 Å². The summed E-state index contributed by atoms with van der Waals surface area (Å²) in [5.41, 5.74) is 19.3. The Morgan fingerprint density at radius 2 is 0.601 bits per heavy atom. The van der Waals surface area contributed by atoms with E-state index < -0.39 is 20.9 Å². The summed E-state index contributed by atoms with van der Waals surface area (Å²) >= 11 is 0. The molecule has 18 aromatic rings. The first-order valence-corrected chi connectivity index (χ1v) is 47.1. The summed E-state index contributed by atoms with van der Waals surface area (Å²) in [4.78, 5) is 25.4. The molecule has 6 bridgehead atoms. The molecule has 0 amide bonds. The fourth-order valence-corrected chi connectivity index (χ4v) is 24.0. The molecule has 15 nitrogen and oxygen atoms in total. The molecule has 9 aliphatic rings. The van der Waals surface area contributed by atoms with E-state index in [0.717, 1.165) is 125 Å². The zero-order valence-corrected chi connectivity index (χ0v) is 84.4. The zero-order chi connectivity index (χ0) is 98.8. The van der Waals surface area contributed by atoms with Crippen LogP contribution in [0.3, 0.4) is 0 Å². The summed E-state index contributed by atoms with van der Waals surface area (Å²) in [6.45, 7) is 18.5. The Balaban J connectivity index is 0.000000124. The number of aromatic nitrogens is 6. The van der Waals surface area contributed by atoms with Crippen LogP contribution in [0, 0.1) is 56.4 Å². The number of benzene rings is 12. The number of fused-ring (bicyclic) bond motifs is 33. The maximum absolute atomic E-state index is 8.51. The molecule has 18 heteroatoms. The molecule has 3 saturated heterocycles. The van der Waals surface area contributed by atoms with E-state index in [4.69, 9.17) is 36.5 Å². The molecule has 0 radical (unpaired) electrons. The van der Waals surface area contributed by atoms with Crippen LogP contribution in [0.4, 0.5) is 17.1 Å². The molecular weight excluding hydrogens is 2240 g/mol. The van der Waals surface area contributed by atoms with E-state index >= 15 is 0 Å². The first kappa shape index (κ1) is 81.1. The van der Waals surface area contributed by atoms with Crippen LogP contribution in [-0.4, -0.2) is 101 Å². The van der Waals surface area contributed by atoms with E-state index in [-0.39, 0.29) is 151 Å². The normalized spacial score (nSPS) is 23.1. The summed E-state index contributed by atoms with van der Waals surface area (Å²) in [5, 5.41) is 6.57. The summed E-state index contributed by atoms with van der Waals surface area (Å²) < 4.78 is 102. The fourth-order valence-electron chi connectivity index (χ4n) is 24.0. The Morgan fingerprint density at radius 1 is 0.283 bits per heavy atom. The molecule has 3 saturated carbocycles. The minimum Gasteiger partial charge on any atom is -0.525 e. The molecule has 138 heavy (non-hydrogen) atoms. The average Bonchev–Trinajstić information content (AvgIpc) is 1.54. The van der Waals surface area contributed by atoms with Gasteiger partial charge in [0.2, 0.25) is 0 Å². The van der Waals surface area contributed by atoms with Crippen LogP contribution >= 0.6 is 0 Å². The van der Waals surface area contributed by atoms with E-state index in [0.29, 0.717) is 34.5 Å². The molecule has 0 N–H and O–H groups in total. The van der Waals surface area contributed by atoms with Crippen molar-refractivity contribution in [3.05, 3.63) is 398 Å². The van der Waals surface area contributed by atoms with E-state index in [1.54, 1.807) is 34.2 Å². The van der Waals surface area contributed by atoms with Gasteiger partial charge >= 0.3 is 0 Å². The van der Waals surface area contributed by atoms with Crippen molar-refractivity contribution in [2.75, 3.05) is 35.6 Å². The van der Waals surface area contributed by atoms with E-state index in [2.05, 4.69) is 314 Å². The zero-order valence-electron chi connectivity index (χ0n) is 86.5. The van der Waals surface area contributed by atoms with Gasteiger partial charge in [0.05, 0.1) is 0 Å². The minimum absolute atomic E-state index is 0. The minimum atomic E-state index is -2.26. The van der Waals surface area contributed by atoms with Gasteiger partial charge in [0.25, 0.3) is 0 Å². The summed E-state index contributed by atoms with van der Waals surface area (Å²) in [5.74, 6) is 7.10. The third-order valence-corrected chi connectivity index (χ3v) is 30.0. The molecule has 12 atom stereocenters. The standard InChI is InChI=1S/C44H43N4O.C40H35N4O.C36H27N4O.3Pt/c1-43(2,3)27-18-19-45-40(22-27)48-38-15-11-10-14-34(38)35-17-16-30(24-39(35)48)49-31-21-28(44(4,5)6)20-29(23-31)47-26-46(7)41-36-25-37(42(41)47)33-13-9-8-12-32(33)36;1-40(2,3)25-18-19-41-37(20-25)44-35-15-8-7-14-31(35)32-17-16-28(22-36(32)44)45-27-11-9-10-26(21-27)43-24-42(4)38-33-23-34(39(38)43)30-13-6-5-12-29(30)33;1-38-22-39(36-31-21-30(35(36)38)26-11-2-3-12-27(26)31)23-9-8-10-24(19-23)41-25-16-17-29-28-13-4-5-14-32(28)40(33(29)20-25)34-15-6-7-18-37-34;;;/h8-22,26,36-37,41-42H,25H2,1-7H3;5-20,24,33-34,38-39H,23H2,1-4H3;2-18,22,30-31,35-36H,21H2,1H3;;;/q3*-3;;;/t36-,37+,41?,42?;33-,34+,38?,39?;30-,31+,35?,36?;;;/m000.../s1/i7D3;4D3;1D3;;;. The molecule has 6 fully saturated rings. The average molecular weight is 2360 g/mol. The molecule has 0 spiro atoms. The topological polar surface area (TPSA) is 101 Å². The Hall–Kier alpha value is -11.8. The van der Waals surface area contributed by atoms with Crippen LogP contribution in [0.1, 0.15) is 179 Å². The number of rotatable bonds is 12. The molecule has 9 heterocycles. The van der Waals surface area contributed by atoms with Crippen LogP contribution in [0.25, 0.3) is 82.9 Å². The SMILES string of the molecule is [2H]C([2H])([2H])N1[CH-]N(c2[c-]c(Oc3[c-]c4c(cc3)c3ccccc3n4-c3cc(C(C)(C)C)ccn3)cc(C(C)(C)C)c2)C2C1[C@H]1C[C@@H]2c2ccccc21.[2H]C([2H])([2H])N1[CH-]N(c2[c-]c(Oc3[c-]c4c(cc3)c3ccccc3n4-c3cc(C(C)(C)C)ccn3)ccc2)C2C1[C@H]1C[C@@H]2c2ccccc21.[2H]C([2H])([2H])N1[CH-]N(c2[c-]c(Oc3[c-]c4c(cc3)c3ccccc3n4-c3ccccn3)ccc2)C2C1[C@H]1C[C@@H]2c2ccccc21.[Pt].[Pt].[Pt]. The molecule has 6 aromatic heterocycles. The van der Waals surface area contributed by atoms with Crippen LogP contribution in [0.5, 0.6) is 34.5 Å². The van der Waals surface area contributed by atoms with Gasteiger partial charge in [0, 0.05) is 199 Å². The van der Waals surface area contributed by atoms with Gasteiger partial charge in [-0.1, -0.05) is 212 Å². The number of anilines is 3. The van der Waals surface area contributed by atoms with Gasteiger partial charge in [0.15, 0.2) is 0 Å². The monoisotopic (exact) mass is 2360 g/mol. The van der Waals surface area contributed by atoms with Crippen molar-refractivity contribution in [3.8, 4) is 52.0 Å². The van der Waals surface area contributed by atoms with Gasteiger partial charge in [0.1, 0.15) is 17.5 Å². The summed E-state index contributed by atoms with van der Waals surface area (Å²) in [6, 6.07) is 114. The Morgan fingerprint density at radius 3 is 0.964 bits per heavy atom. The van der Waals surface area contributed by atoms with Crippen molar-refractivity contribution in [1.82, 2.24) is 43.4 Å². The number of hydrogen-bond acceptors (Lipinski definition) is 12. The van der Waals surface area contributed by atoms with Crippen LogP contribution in [-0.2, 0) is 79.4 Å². The second kappa shape index (κ2) is 35.2. The first-order valence-electron chi connectivity index (χ1n) is 51.6. The molecule has 6 aliphatic carbocycles. The predicted octanol–water partition coefficient (Wildman–Crippen LogP) is 26.3. The fraction of sp³-hybridized carbons (Fsp3) is 0.250. The van der Waals surface area contributed by atoms with E-state index in [9.17, 15) is 0 Å². The van der Waals surface area contributed by atoms with Crippen LogP contribution in [0.2, 0.25) is 0 Å². The van der Waals surface area contributed by atoms with Crippen molar-refractivity contribution in [3.63, 3.8) is 0 Å². The number of likely N-dealkylation sites (N-methyl/N-ethyl adjacent to an activating group) is 3. The van der Waals surface area contributed by atoms with E-state index in [1.807, 2.05) is 110 Å². The molecular formula is C120H105N12O3Pt3-9. The third kappa shape index (κ3) is 15.3. The largest absolute Gasteiger partial charge is 0.525 e. The number of pyridine rings is 3. The van der Waals surface area contributed by atoms with Gasteiger partial charge in [-0.25, -0.2) is 15.0 Å². The van der Waals surface area contributed by atoms with Crippen LogP contribution < -0.4 is 28.9 Å². The smallest absolute Gasteiger partial charge is 0.135 e. The van der Waals surface area contributed by atoms with Gasteiger partial charge in [-0.3, -0.25) is 0 Å². The van der Waals surface area contributed by atoms with Crippen molar-refractivity contribution in [2.45, 2.75) is 170 Å². The maximum Gasteiger partial charge on any atom is 0.135 e. The van der Waals surface area contributed by atoms with Crippen LogP contribution in [0.15, 0.2) is 292 Å². The van der Waals surface area contributed by atoms with Crippen molar-refractivity contribution in [2.24, 2.45) is 0 Å². The number of para-hydroxylation sites is 3. The Kier molecular flexibility index (Phi) is 20.7.